The Morgan fingerprint density at radius 2 is 1.92 bits per heavy atom. The van der Waals surface area contributed by atoms with Gasteiger partial charge < -0.3 is 15.2 Å². The molecule has 1 aromatic heterocycles. The second kappa shape index (κ2) is 14.5. The van der Waals surface area contributed by atoms with E-state index in [1.807, 2.05) is 13.8 Å². The largest absolute Gasteiger partial charge is 0.394 e. The van der Waals surface area contributed by atoms with Gasteiger partial charge in [-0.3, -0.25) is 4.79 Å². The van der Waals surface area contributed by atoms with Gasteiger partial charge in [-0.05, 0) is 25.0 Å². The number of nitrogens with one attached hydrogen (secondary N) is 1. The average Bonchev–Trinajstić information content (AvgIpc) is 2.58. The topological polar surface area (TPSA) is 71.5 Å². The highest BCUT2D eigenvalue weighted by Crippen LogP contribution is 2.19. The molecule has 0 aromatic carbocycles. The first-order valence-corrected chi connectivity index (χ1v) is 9.06. The van der Waals surface area contributed by atoms with Crippen LogP contribution in [0.2, 0.25) is 10.2 Å². The summed E-state index contributed by atoms with van der Waals surface area (Å²) in [5.41, 5.74) is 0.285. The third kappa shape index (κ3) is 10.1. The summed E-state index contributed by atoms with van der Waals surface area (Å²) in [5, 5.41) is 11.6. The maximum absolute atomic E-state index is 11.9. The van der Waals surface area contributed by atoms with E-state index >= 15 is 0 Å². The third-order valence-corrected chi connectivity index (χ3v) is 3.64. The molecule has 0 atom stereocenters. The van der Waals surface area contributed by atoms with E-state index in [0.717, 1.165) is 12.8 Å². The Morgan fingerprint density at radius 1 is 1.29 bits per heavy atom. The van der Waals surface area contributed by atoms with Gasteiger partial charge in [-0.15, -0.1) is 0 Å². The van der Waals surface area contributed by atoms with Crippen molar-refractivity contribution in [3.8, 4) is 0 Å². The van der Waals surface area contributed by atoms with Crippen molar-refractivity contribution < 1.29 is 14.6 Å². The third-order valence-electron chi connectivity index (χ3n) is 3.23. The van der Waals surface area contributed by atoms with Gasteiger partial charge in [0.1, 0.15) is 10.8 Å². The first-order chi connectivity index (χ1) is 11.6. The Balaban J connectivity index is 0.000000650. The molecule has 1 heterocycles. The van der Waals surface area contributed by atoms with Crippen LogP contribution in [0.15, 0.2) is 12.1 Å². The fraction of sp³-hybridized carbons (Fsp3) is 0.647. The van der Waals surface area contributed by atoms with Gasteiger partial charge in [-0.1, -0.05) is 56.3 Å². The minimum atomic E-state index is -0.193. The number of aliphatic hydroxyl groups excluding tert-OH is 1. The number of aliphatic hydroxyl groups is 1. The van der Waals surface area contributed by atoms with Crippen molar-refractivity contribution >= 4 is 29.1 Å². The molecule has 2 rings (SSSR count). The van der Waals surface area contributed by atoms with Crippen LogP contribution in [0, 0.1) is 0 Å². The monoisotopic (exact) mass is 378 g/mol. The Morgan fingerprint density at radius 3 is 2.38 bits per heavy atom. The standard InChI is InChI=1S/C12H14Cl2N2O.C3H8O2.C2H6/c13-8-6-10(16-11(14)7-8)12(17)15-9-4-2-1-3-5-9;1-5-3-2-4;1-2/h6-7,9H,1-5H2,(H,15,17);4H,2-3H2,1H3;1-2H3. The fourth-order valence-electron chi connectivity index (χ4n) is 2.18. The molecule has 138 valence electrons. The molecule has 0 unspecified atom stereocenters. The lowest BCUT2D eigenvalue weighted by Gasteiger charge is -2.22. The van der Waals surface area contributed by atoms with Crippen molar-refractivity contribution in [1.29, 1.82) is 0 Å². The number of nitrogens with zero attached hydrogens (tertiary/aromatic N) is 1. The molecule has 7 heteroatoms. The molecule has 1 saturated carbocycles. The molecule has 1 aliphatic rings. The fourth-order valence-corrected chi connectivity index (χ4v) is 2.65. The zero-order valence-electron chi connectivity index (χ0n) is 14.6. The smallest absolute Gasteiger partial charge is 0.270 e. The molecule has 0 spiro atoms. The molecule has 0 aliphatic heterocycles. The zero-order valence-corrected chi connectivity index (χ0v) is 16.2. The molecule has 0 bridgehead atoms. The Kier molecular flexibility index (Phi) is 13.9. The van der Waals surface area contributed by atoms with Crippen LogP contribution in [0.1, 0.15) is 56.4 Å². The zero-order chi connectivity index (χ0) is 18.4. The average molecular weight is 379 g/mol. The molecule has 24 heavy (non-hydrogen) atoms. The molecule has 2 N–H and O–H groups in total. The van der Waals surface area contributed by atoms with Crippen LogP contribution < -0.4 is 5.32 Å². The number of carbonyl (C=O) groups excluding carboxylic acids is 1. The van der Waals surface area contributed by atoms with E-state index in [9.17, 15) is 4.79 Å². The van der Waals surface area contributed by atoms with E-state index in [1.54, 1.807) is 7.11 Å². The lowest BCUT2D eigenvalue weighted by molar-refractivity contribution is 0.0922. The molecule has 0 saturated heterocycles. The number of hydrogen-bond donors (Lipinski definition) is 2. The summed E-state index contributed by atoms with van der Waals surface area (Å²) in [7, 11) is 1.55. The van der Waals surface area contributed by atoms with E-state index in [0.29, 0.717) is 11.6 Å². The maximum Gasteiger partial charge on any atom is 0.270 e. The van der Waals surface area contributed by atoms with Crippen molar-refractivity contribution in [1.82, 2.24) is 10.3 Å². The molecule has 1 aliphatic carbocycles. The number of halogens is 2. The minimum absolute atomic E-state index is 0.122. The first kappa shape index (κ1) is 23.1. The molecular formula is C17H28Cl2N2O3. The van der Waals surface area contributed by atoms with E-state index in [-0.39, 0.29) is 29.4 Å². The number of carbonyl (C=O) groups is 1. The van der Waals surface area contributed by atoms with Crippen LogP contribution in [0.4, 0.5) is 0 Å². The molecule has 1 fully saturated rings. The highest BCUT2D eigenvalue weighted by atomic mass is 35.5. The second-order valence-corrected chi connectivity index (χ2v) is 5.84. The summed E-state index contributed by atoms with van der Waals surface area (Å²) in [6.45, 7) is 4.57. The van der Waals surface area contributed by atoms with Crippen LogP contribution in [0.5, 0.6) is 0 Å². The summed E-state index contributed by atoms with van der Waals surface area (Å²) in [4.78, 5) is 15.9. The number of rotatable bonds is 4. The Hall–Kier alpha value is -0.880. The number of methoxy groups -OCH3 is 1. The van der Waals surface area contributed by atoms with Gasteiger partial charge in [-0.25, -0.2) is 4.98 Å². The van der Waals surface area contributed by atoms with Crippen molar-refractivity contribution in [2.45, 2.75) is 52.0 Å². The van der Waals surface area contributed by atoms with Crippen LogP contribution in [-0.4, -0.2) is 42.4 Å². The number of amides is 1. The van der Waals surface area contributed by atoms with Crippen molar-refractivity contribution in [2.75, 3.05) is 20.3 Å². The van der Waals surface area contributed by atoms with E-state index in [4.69, 9.17) is 28.3 Å². The van der Waals surface area contributed by atoms with Crippen LogP contribution in [-0.2, 0) is 4.74 Å². The Bertz CT molecular complexity index is 445. The molecule has 1 amide bonds. The normalized spacial score (nSPS) is 13.9. The van der Waals surface area contributed by atoms with E-state index in [1.165, 1.54) is 31.4 Å². The second-order valence-electron chi connectivity index (χ2n) is 5.02. The molecule has 5 nitrogen and oxygen atoms in total. The van der Waals surface area contributed by atoms with Gasteiger partial charge in [0.15, 0.2) is 0 Å². The summed E-state index contributed by atoms with van der Waals surface area (Å²) < 4.78 is 4.44. The highest BCUT2D eigenvalue weighted by Gasteiger charge is 2.17. The number of hydrogen-bond acceptors (Lipinski definition) is 4. The van der Waals surface area contributed by atoms with Crippen LogP contribution in [0.3, 0.4) is 0 Å². The lowest BCUT2D eigenvalue weighted by Crippen LogP contribution is -2.36. The SMILES string of the molecule is CC.COCCO.O=C(NC1CCCCC1)c1cc(Cl)cc(Cl)n1. The van der Waals surface area contributed by atoms with E-state index in [2.05, 4.69) is 15.0 Å². The van der Waals surface area contributed by atoms with Gasteiger partial charge in [-0.2, -0.15) is 0 Å². The number of aromatic nitrogens is 1. The molecular weight excluding hydrogens is 351 g/mol. The van der Waals surface area contributed by atoms with Gasteiger partial charge in [0.2, 0.25) is 0 Å². The lowest BCUT2D eigenvalue weighted by atomic mass is 9.95. The summed E-state index contributed by atoms with van der Waals surface area (Å²) in [6, 6.07) is 3.31. The minimum Gasteiger partial charge on any atom is -0.394 e. The van der Waals surface area contributed by atoms with Gasteiger partial charge in [0.05, 0.1) is 13.2 Å². The summed E-state index contributed by atoms with van der Waals surface area (Å²) >= 11 is 11.6. The molecule has 1 aromatic rings. The number of pyridine rings is 1. The van der Waals surface area contributed by atoms with Crippen molar-refractivity contribution in [3.05, 3.63) is 28.0 Å². The van der Waals surface area contributed by atoms with Gasteiger partial charge >= 0.3 is 0 Å². The van der Waals surface area contributed by atoms with Crippen molar-refractivity contribution in [2.24, 2.45) is 0 Å². The van der Waals surface area contributed by atoms with E-state index < -0.39 is 0 Å². The quantitative estimate of drug-likeness (QED) is 0.773. The predicted molar refractivity (Wildman–Crippen MR) is 98.9 cm³/mol. The first-order valence-electron chi connectivity index (χ1n) is 8.30. The summed E-state index contributed by atoms with van der Waals surface area (Å²) in [6.07, 6.45) is 5.69. The molecule has 0 radical (unpaired) electrons. The highest BCUT2D eigenvalue weighted by molar-refractivity contribution is 6.34. The maximum atomic E-state index is 11.9. The van der Waals surface area contributed by atoms with Gasteiger partial charge in [0, 0.05) is 18.2 Å². The van der Waals surface area contributed by atoms with Gasteiger partial charge in [0.25, 0.3) is 5.91 Å². The van der Waals surface area contributed by atoms with Crippen LogP contribution >= 0.6 is 23.2 Å². The number of ether oxygens (including phenoxy) is 1. The summed E-state index contributed by atoms with van der Waals surface area (Å²) in [5.74, 6) is -0.193. The van der Waals surface area contributed by atoms with Crippen molar-refractivity contribution in [3.63, 3.8) is 0 Å². The predicted octanol–water partition coefficient (Wildman–Crippen LogP) is 4.10. The Labute approximate surface area is 154 Å². The van der Waals surface area contributed by atoms with Crippen LogP contribution in [0.25, 0.3) is 0 Å².